The number of hydrogen-bond donors (Lipinski definition) is 0. The van der Waals surface area contributed by atoms with E-state index < -0.39 is 0 Å². The molecule has 0 aromatic heterocycles. The van der Waals surface area contributed by atoms with Gasteiger partial charge in [-0.15, -0.1) is 0 Å². The Hall–Kier alpha value is -1.35. The largest absolute Gasteiger partial charge is 0.308 e. The van der Waals surface area contributed by atoms with E-state index in [-0.39, 0.29) is 5.92 Å². The van der Waals surface area contributed by atoms with Gasteiger partial charge >= 0.3 is 0 Å². The summed E-state index contributed by atoms with van der Waals surface area (Å²) in [5.41, 5.74) is 3.90. The number of nitrogens with zero attached hydrogens (tertiary/aromatic N) is 2. The first-order chi connectivity index (χ1) is 10.1. The second kappa shape index (κ2) is 4.84. The van der Waals surface area contributed by atoms with Crippen molar-refractivity contribution in [2.75, 3.05) is 25.0 Å². The molecule has 0 bridgehead atoms. The molecule has 0 N–H and O–H groups in total. The van der Waals surface area contributed by atoms with Crippen molar-refractivity contribution < 1.29 is 4.79 Å². The number of benzene rings is 1. The monoisotopic (exact) mass is 284 g/mol. The molecule has 3 aliphatic rings. The van der Waals surface area contributed by atoms with Crippen molar-refractivity contribution in [2.45, 2.75) is 44.6 Å². The van der Waals surface area contributed by atoms with Gasteiger partial charge < -0.3 is 9.80 Å². The Balaban J connectivity index is 1.74. The summed E-state index contributed by atoms with van der Waals surface area (Å²) in [5.74, 6) is 1.18. The molecule has 1 saturated heterocycles. The predicted octanol–water partition coefficient (Wildman–Crippen LogP) is 2.93. The summed E-state index contributed by atoms with van der Waals surface area (Å²) in [4.78, 5) is 17.5. The molecule has 4 rings (SSSR count). The molecule has 3 nitrogen and oxygen atoms in total. The highest BCUT2D eigenvalue weighted by Gasteiger charge is 2.45. The van der Waals surface area contributed by atoms with Crippen LogP contribution >= 0.6 is 0 Å². The summed E-state index contributed by atoms with van der Waals surface area (Å²) in [6, 6.07) is 7.03. The van der Waals surface area contributed by atoms with Crippen LogP contribution in [-0.4, -0.2) is 37.0 Å². The Kier molecular flexibility index (Phi) is 3.07. The van der Waals surface area contributed by atoms with Crippen LogP contribution in [0.25, 0.3) is 0 Å². The van der Waals surface area contributed by atoms with Gasteiger partial charge in [-0.25, -0.2) is 0 Å². The van der Waals surface area contributed by atoms with E-state index in [1.165, 1.54) is 23.2 Å². The number of aryl methyl sites for hydroxylation is 1. The average molecular weight is 284 g/mol. The third-order valence-electron chi connectivity index (χ3n) is 5.64. The standard InChI is InChI=1S/C18H24N2O/c1-12-6-7-16-14(10-12)15-11-19(2)9-8-17(15)20(16)18(21)13-4-3-5-13/h6-7,10,13,15,17H,3-5,8-9,11H2,1-2H3/t15-,17-/m1/s1. The van der Waals surface area contributed by atoms with E-state index in [1.54, 1.807) is 0 Å². The number of likely N-dealkylation sites (tertiary alicyclic amines) is 1. The quantitative estimate of drug-likeness (QED) is 0.791. The van der Waals surface area contributed by atoms with Crippen LogP contribution in [0.5, 0.6) is 0 Å². The Morgan fingerprint density at radius 1 is 1.24 bits per heavy atom. The Labute approximate surface area is 126 Å². The van der Waals surface area contributed by atoms with Gasteiger partial charge in [0.25, 0.3) is 0 Å². The summed E-state index contributed by atoms with van der Waals surface area (Å²) in [6.45, 7) is 4.33. The fraction of sp³-hybridized carbons (Fsp3) is 0.611. The first kappa shape index (κ1) is 13.3. The number of anilines is 1. The lowest BCUT2D eigenvalue weighted by atomic mass is 9.83. The van der Waals surface area contributed by atoms with Crippen molar-refractivity contribution in [3.05, 3.63) is 29.3 Å². The van der Waals surface area contributed by atoms with Gasteiger partial charge in [0.2, 0.25) is 5.91 Å². The van der Waals surface area contributed by atoms with Gasteiger partial charge in [-0.1, -0.05) is 24.1 Å². The van der Waals surface area contributed by atoms with E-state index >= 15 is 0 Å². The van der Waals surface area contributed by atoms with Crippen LogP contribution in [0, 0.1) is 12.8 Å². The number of rotatable bonds is 1. The number of fused-ring (bicyclic) bond motifs is 3. The molecule has 0 radical (unpaired) electrons. The van der Waals surface area contributed by atoms with E-state index in [0.29, 0.717) is 17.9 Å². The molecule has 21 heavy (non-hydrogen) atoms. The molecule has 2 fully saturated rings. The second-order valence-electron chi connectivity index (χ2n) is 7.12. The number of carbonyl (C=O) groups excluding carboxylic acids is 1. The SMILES string of the molecule is Cc1ccc2c(c1)[C@H]1CN(C)CC[C@H]1N2C(=O)C1CCC1. The van der Waals surface area contributed by atoms with Crippen molar-refractivity contribution in [1.82, 2.24) is 4.90 Å². The lowest BCUT2D eigenvalue weighted by molar-refractivity contribution is -0.125. The van der Waals surface area contributed by atoms with Crippen LogP contribution in [-0.2, 0) is 4.79 Å². The minimum absolute atomic E-state index is 0.289. The van der Waals surface area contributed by atoms with Crippen LogP contribution in [0.15, 0.2) is 18.2 Å². The predicted molar refractivity (Wildman–Crippen MR) is 84.6 cm³/mol. The second-order valence-corrected chi connectivity index (χ2v) is 7.12. The molecule has 0 spiro atoms. The van der Waals surface area contributed by atoms with Gasteiger partial charge in [0, 0.05) is 30.1 Å². The molecule has 1 aliphatic carbocycles. The smallest absolute Gasteiger partial charge is 0.230 e. The zero-order chi connectivity index (χ0) is 14.6. The summed E-state index contributed by atoms with van der Waals surface area (Å²) < 4.78 is 0. The first-order valence-electron chi connectivity index (χ1n) is 8.27. The fourth-order valence-electron chi connectivity index (χ4n) is 4.22. The average Bonchev–Trinajstić information content (AvgIpc) is 2.70. The van der Waals surface area contributed by atoms with Crippen LogP contribution in [0.4, 0.5) is 5.69 Å². The van der Waals surface area contributed by atoms with Crippen LogP contribution in [0.2, 0.25) is 0 Å². The maximum atomic E-state index is 12.9. The van der Waals surface area contributed by atoms with Crippen molar-refractivity contribution in [2.24, 2.45) is 5.92 Å². The van der Waals surface area contributed by atoms with Crippen LogP contribution < -0.4 is 4.90 Å². The highest BCUT2D eigenvalue weighted by molar-refractivity contribution is 5.98. The molecule has 1 amide bonds. The van der Waals surface area contributed by atoms with Gasteiger partial charge in [-0.05, 0) is 51.4 Å². The lowest BCUT2D eigenvalue weighted by Gasteiger charge is -2.39. The Morgan fingerprint density at radius 2 is 2.05 bits per heavy atom. The maximum absolute atomic E-state index is 12.9. The number of amides is 1. The Morgan fingerprint density at radius 3 is 2.76 bits per heavy atom. The van der Waals surface area contributed by atoms with Crippen molar-refractivity contribution in [1.29, 1.82) is 0 Å². The van der Waals surface area contributed by atoms with E-state index in [1.807, 2.05) is 0 Å². The zero-order valence-corrected chi connectivity index (χ0v) is 13.0. The summed E-state index contributed by atoms with van der Waals surface area (Å²) in [6.07, 6.45) is 4.51. The first-order valence-corrected chi connectivity index (χ1v) is 8.27. The van der Waals surface area contributed by atoms with Crippen LogP contribution in [0.1, 0.15) is 42.7 Å². The third-order valence-corrected chi connectivity index (χ3v) is 5.64. The molecule has 112 valence electrons. The summed E-state index contributed by atoms with van der Waals surface area (Å²) in [5, 5.41) is 0. The van der Waals surface area contributed by atoms with Crippen LogP contribution in [0.3, 0.4) is 0 Å². The Bertz CT molecular complexity index is 579. The fourth-order valence-corrected chi connectivity index (χ4v) is 4.22. The van der Waals surface area contributed by atoms with Gasteiger partial charge in [0.05, 0.1) is 0 Å². The van der Waals surface area contributed by atoms with E-state index in [9.17, 15) is 4.79 Å². The molecule has 0 unspecified atom stereocenters. The topological polar surface area (TPSA) is 23.6 Å². The number of likely N-dealkylation sites (N-methyl/N-ethyl adjacent to an activating group) is 1. The maximum Gasteiger partial charge on any atom is 0.230 e. The molecule has 1 aromatic rings. The molecule has 1 aromatic carbocycles. The van der Waals surface area contributed by atoms with Crippen molar-refractivity contribution in [3.63, 3.8) is 0 Å². The minimum atomic E-state index is 0.289. The van der Waals surface area contributed by atoms with Gasteiger partial charge in [-0.2, -0.15) is 0 Å². The summed E-state index contributed by atoms with van der Waals surface area (Å²) in [7, 11) is 2.20. The molecule has 2 atom stereocenters. The molecule has 1 saturated carbocycles. The number of hydrogen-bond acceptors (Lipinski definition) is 2. The molecular formula is C18H24N2O. The number of piperidine rings is 1. The van der Waals surface area contributed by atoms with Gasteiger partial charge in [-0.3, -0.25) is 4.79 Å². The van der Waals surface area contributed by atoms with Crippen molar-refractivity contribution >= 4 is 11.6 Å². The van der Waals surface area contributed by atoms with E-state index in [0.717, 1.165) is 32.4 Å². The molecule has 2 heterocycles. The normalized spacial score (nSPS) is 29.0. The zero-order valence-electron chi connectivity index (χ0n) is 13.0. The minimum Gasteiger partial charge on any atom is -0.308 e. The summed E-state index contributed by atoms with van der Waals surface area (Å²) >= 11 is 0. The van der Waals surface area contributed by atoms with Gasteiger partial charge in [0.1, 0.15) is 0 Å². The highest BCUT2D eigenvalue weighted by Crippen LogP contribution is 2.46. The third kappa shape index (κ3) is 2.02. The molecule has 3 heteroatoms. The lowest BCUT2D eigenvalue weighted by Crippen LogP contribution is -2.49. The molecular weight excluding hydrogens is 260 g/mol. The van der Waals surface area contributed by atoms with Gasteiger partial charge in [0.15, 0.2) is 0 Å². The van der Waals surface area contributed by atoms with Crippen molar-refractivity contribution in [3.8, 4) is 0 Å². The molecule has 2 aliphatic heterocycles. The van der Waals surface area contributed by atoms with E-state index in [4.69, 9.17) is 0 Å². The highest BCUT2D eigenvalue weighted by atomic mass is 16.2. The van der Waals surface area contributed by atoms with E-state index in [2.05, 4.69) is 42.0 Å². The number of carbonyl (C=O) groups is 1.